The highest BCUT2D eigenvalue weighted by Gasteiger charge is 2.08. The fourth-order valence-corrected chi connectivity index (χ4v) is 1.97. The Morgan fingerprint density at radius 1 is 1.28 bits per heavy atom. The molecular weight excluding hydrogens is 222 g/mol. The fraction of sp³-hybridized carbons (Fsp3) is 0.400. The van der Waals surface area contributed by atoms with Crippen LogP contribution in [0, 0.1) is 6.92 Å². The zero-order valence-electron chi connectivity index (χ0n) is 11.4. The van der Waals surface area contributed by atoms with Crippen LogP contribution in [0.2, 0.25) is 0 Å². The van der Waals surface area contributed by atoms with Gasteiger partial charge in [0.1, 0.15) is 5.82 Å². The van der Waals surface area contributed by atoms with Gasteiger partial charge in [0, 0.05) is 18.3 Å². The number of imidazole rings is 1. The monoisotopic (exact) mass is 243 g/mol. The second-order valence-electron chi connectivity index (χ2n) is 4.66. The molecule has 1 heterocycles. The first-order valence-electron chi connectivity index (χ1n) is 6.54. The van der Waals surface area contributed by atoms with Crippen molar-refractivity contribution in [3.05, 3.63) is 48.0 Å². The van der Waals surface area contributed by atoms with Crippen LogP contribution in [0.1, 0.15) is 31.8 Å². The van der Waals surface area contributed by atoms with Gasteiger partial charge >= 0.3 is 0 Å². The summed E-state index contributed by atoms with van der Waals surface area (Å²) in [5.41, 5.74) is 2.38. The quantitative estimate of drug-likeness (QED) is 0.874. The van der Waals surface area contributed by atoms with Crippen LogP contribution in [-0.4, -0.2) is 15.6 Å². The molecule has 0 amide bonds. The first-order chi connectivity index (χ1) is 8.72. The van der Waals surface area contributed by atoms with E-state index in [1.165, 1.54) is 11.4 Å². The Balaban J connectivity index is 2.23. The van der Waals surface area contributed by atoms with Crippen LogP contribution >= 0.6 is 0 Å². The number of hydrogen-bond donors (Lipinski definition) is 1. The molecule has 1 aromatic carbocycles. The first-order valence-corrected chi connectivity index (χ1v) is 6.54. The molecule has 3 heteroatoms. The predicted molar refractivity (Wildman–Crippen MR) is 74.9 cm³/mol. The number of rotatable bonds is 5. The number of hydrogen-bond acceptors (Lipinski definition) is 2. The third-order valence-corrected chi connectivity index (χ3v) is 3.27. The third-order valence-electron chi connectivity index (χ3n) is 3.27. The Morgan fingerprint density at radius 2 is 2.00 bits per heavy atom. The molecule has 2 rings (SSSR count). The Labute approximate surface area is 109 Å². The molecule has 0 spiro atoms. The minimum atomic E-state index is 0.532. The third kappa shape index (κ3) is 2.79. The van der Waals surface area contributed by atoms with Gasteiger partial charge in [0.15, 0.2) is 0 Å². The molecule has 1 atom stereocenters. The highest BCUT2D eigenvalue weighted by molar-refractivity contribution is 5.35. The van der Waals surface area contributed by atoms with Crippen LogP contribution in [-0.2, 0) is 6.54 Å². The first kappa shape index (κ1) is 12.8. The van der Waals surface area contributed by atoms with E-state index in [0.29, 0.717) is 6.04 Å². The van der Waals surface area contributed by atoms with Crippen molar-refractivity contribution in [1.29, 1.82) is 0 Å². The lowest BCUT2D eigenvalue weighted by Crippen LogP contribution is -2.25. The van der Waals surface area contributed by atoms with Gasteiger partial charge in [-0.25, -0.2) is 4.98 Å². The molecule has 0 aliphatic heterocycles. The maximum Gasteiger partial charge on any atom is 0.110 e. The van der Waals surface area contributed by atoms with Gasteiger partial charge in [-0.15, -0.1) is 0 Å². The van der Waals surface area contributed by atoms with Gasteiger partial charge in [-0.1, -0.05) is 25.1 Å². The van der Waals surface area contributed by atoms with Crippen LogP contribution in [0.15, 0.2) is 36.5 Å². The van der Waals surface area contributed by atoms with Crippen LogP contribution in [0.5, 0.6) is 0 Å². The fourth-order valence-electron chi connectivity index (χ4n) is 1.97. The Bertz CT molecular complexity index is 488. The van der Waals surface area contributed by atoms with Gasteiger partial charge in [0.05, 0.1) is 11.9 Å². The molecule has 1 aromatic heterocycles. The topological polar surface area (TPSA) is 29.9 Å². The van der Waals surface area contributed by atoms with E-state index in [0.717, 1.165) is 18.8 Å². The average Bonchev–Trinajstić information content (AvgIpc) is 2.78. The van der Waals surface area contributed by atoms with Gasteiger partial charge in [-0.2, -0.15) is 0 Å². The standard InChI is InChI=1S/C15H21N3/c1-4-12(2)16-10-15-11-17-13(3)18(15)14-8-6-5-7-9-14/h5-9,11-12,16H,4,10H2,1-3H3. The lowest BCUT2D eigenvalue weighted by molar-refractivity contribution is 0.525. The van der Waals surface area contributed by atoms with Crippen molar-refractivity contribution in [2.45, 2.75) is 39.8 Å². The molecule has 96 valence electrons. The molecule has 1 unspecified atom stereocenters. The number of nitrogens with zero attached hydrogens (tertiary/aromatic N) is 2. The average molecular weight is 243 g/mol. The number of benzene rings is 1. The summed E-state index contributed by atoms with van der Waals surface area (Å²) < 4.78 is 2.20. The summed E-state index contributed by atoms with van der Waals surface area (Å²) in [6.45, 7) is 7.29. The van der Waals surface area contributed by atoms with Crippen molar-refractivity contribution >= 4 is 0 Å². The molecule has 0 saturated carbocycles. The number of para-hydroxylation sites is 1. The van der Waals surface area contributed by atoms with Gasteiger partial charge in [-0.3, -0.25) is 4.57 Å². The summed E-state index contributed by atoms with van der Waals surface area (Å²) in [7, 11) is 0. The van der Waals surface area contributed by atoms with E-state index in [1.54, 1.807) is 0 Å². The van der Waals surface area contributed by atoms with Crippen molar-refractivity contribution in [2.75, 3.05) is 0 Å². The molecule has 0 radical (unpaired) electrons. The maximum atomic E-state index is 4.42. The van der Waals surface area contributed by atoms with E-state index in [1.807, 2.05) is 19.2 Å². The zero-order valence-corrected chi connectivity index (χ0v) is 11.4. The molecule has 0 aliphatic rings. The van der Waals surface area contributed by atoms with Gasteiger partial charge in [0.2, 0.25) is 0 Å². The number of nitrogens with one attached hydrogen (secondary N) is 1. The van der Waals surface area contributed by atoms with E-state index in [9.17, 15) is 0 Å². The number of aryl methyl sites for hydroxylation is 1. The molecular formula is C15H21N3. The molecule has 18 heavy (non-hydrogen) atoms. The van der Waals surface area contributed by atoms with E-state index < -0.39 is 0 Å². The molecule has 0 bridgehead atoms. The highest BCUT2D eigenvalue weighted by atomic mass is 15.1. The van der Waals surface area contributed by atoms with E-state index in [-0.39, 0.29) is 0 Å². The molecule has 0 fully saturated rings. The summed E-state index contributed by atoms with van der Waals surface area (Å²) in [5.74, 6) is 1.03. The van der Waals surface area contributed by atoms with Crippen molar-refractivity contribution in [1.82, 2.24) is 14.9 Å². The second kappa shape index (κ2) is 5.83. The second-order valence-corrected chi connectivity index (χ2v) is 4.66. The van der Waals surface area contributed by atoms with Crippen LogP contribution in [0.25, 0.3) is 5.69 Å². The van der Waals surface area contributed by atoms with Gasteiger partial charge < -0.3 is 5.32 Å². The predicted octanol–water partition coefficient (Wildman–Crippen LogP) is 3.07. The Kier molecular flexibility index (Phi) is 4.15. The largest absolute Gasteiger partial charge is 0.309 e. The molecule has 1 N–H and O–H groups in total. The maximum absolute atomic E-state index is 4.42. The summed E-state index contributed by atoms with van der Waals surface area (Å²) in [5, 5.41) is 3.51. The summed E-state index contributed by atoms with van der Waals surface area (Å²) in [4.78, 5) is 4.42. The molecule has 2 aromatic rings. The number of aromatic nitrogens is 2. The van der Waals surface area contributed by atoms with Crippen LogP contribution in [0.4, 0.5) is 0 Å². The summed E-state index contributed by atoms with van der Waals surface area (Å²) in [6, 6.07) is 10.9. The molecule has 3 nitrogen and oxygen atoms in total. The lowest BCUT2D eigenvalue weighted by Gasteiger charge is -2.14. The van der Waals surface area contributed by atoms with Gasteiger partial charge in [0.25, 0.3) is 0 Å². The highest BCUT2D eigenvalue weighted by Crippen LogP contribution is 2.14. The summed E-state index contributed by atoms with van der Waals surface area (Å²) >= 11 is 0. The minimum Gasteiger partial charge on any atom is -0.309 e. The smallest absolute Gasteiger partial charge is 0.110 e. The lowest BCUT2D eigenvalue weighted by atomic mass is 10.2. The molecule has 0 saturated heterocycles. The Hall–Kier alpha value is -1.61. The van der Waals surface area contributed by atoms with E-state index in [2.05, 4.69) is 53.0 Å². The van der Waals surface area contributed by atoms with Crippen molar-refractivity contribution in [3.8, 4) is 5.69 Å². The van der Waals surface area contributed by atoms with Gasteiger partial charge in [-0.05, 0) is 32.4 Å². The SMILES string of the molecule is CCC(C)NCc1cnc(C)n1-c1ccccc1. The van der Waals surface area contributed by atoms with Crippen molar-refractivity contribution in [3.63, 3.8) is 0 Å². The minimum absolute atomic E-state index is 0.532. The summed E-state index contributed by atoms with van der Waals surface area (Å²) in [6.07, 6.45) is 3.09. The van der Waals surface area contributed by atoms with Crippen molar-refractivity contribution < 1.29 is 0 Å². The van der Waals surface area contributed by atoms with Crippen LogP contribution < -0.4 is 5.32 Å². The van der Waals surface area contributed by atoms with E-state index in [4.69, 9.17) is 0 Å². The van der Waals surface area contributed by atoms with Crippen LogP contribution in [0.3, 0.4) is 0 Å². The Morgan fingerprint density at radius 3 is 2.67 bits per heavy atom. The van der Waals surface area contributed by atoms with Crippen molar-refractivity contribution in [2.24, 2.45) is 0 Å². The van der Waals surface area contributed by atoms with E-state index >= 15 is 0 Å². The zero-order chi connectivity index (χ0) is 13.0. The normalized spacial score (nSPS) is 12.6. The molecule has 0 aliphatic carbocycles.